The van der Waals surface area contributed by atoms with Crippen molar-refractivity contribution in [1.29, 1.82) is 0 Å². The molecule has 55 heavy (non-hydrogen) atoms. The molecular formula is C48H27N5OS. The quantitative estimate of drug-likeness (QED) is 0.181. The highest BCUT2D eigenvalue weighted by molar-refractivity contribution is 7.25. The second kappa shape index (κ2) is 11.6. The molecule has 7 heteroatoms. The van der Waals surface area contributed by atoms with E-state index < -0.39 is 0 Å². The SMILES string of the molecule is c1ccc2cc(-c3nc(-c4cccc5oc6ccncc6c45)nc(-n4c5ccccc5c5ccc(-c6cccc7sc8ccccc8c67)cc54)n3)ccc2c1. The minimum atomic E-state index is 0.540. The van der Waals surface area contributed by atoms with Crippen LogP contribution in [0.3, 0.4) is 0 Å². The van der Waals surface area contributed by atoms with Gasteiger partial charge in [0.1, 0.15) is 11.2 Å². The van der Waals surface area contributed by atoms with Crippen LogP contribution in [0, 0.1) is 0 Å². The van der Waals surface area contributed by atoms with E-state index in [0.29, 0.717) is 17.6 Å². The lowest BCUT2D eigenvalue weighted by Crippen LogP contribution is -2.06. The Hall–Kier alpha value is -7.22. The molecule has 0 saturated heterocycles. The van der Waals surface area contributed by atoms with Gasteiger partial charge in [-0.25, -0.2) is 4.98 Å². The molecule has 0 aliphatic rings. The Labute approximate surface area is 317 Å². The van der Waals surface area contributed by atoms with E-state index in [4.69, 9.17) is 19.4 Å². The number of aromatic nitrogens is 5. The van der Waals surface area contributed by atoms with E-state index in [1.807, 2.05) is 35.7 Å². The maximum atomic E-state index is 6.29. The van der Waals surface area contributed by atoms with Gasteiger partial charge < -0.3 is 4.42 Å². The summed E-state index contributed by atoms with van der Waals surface area (Å²) in [4.78, 5) is 20.3. The van der Waals surface area contributed by atoms with Gasteiger partial charge in [-0.2, -0.15) is 9.97 Å². The summed E-state index contributed by atoms with van der Waals surface area (Å²) in [6.07, 6.45) is 3.60. The van der Waals surface area contributed by atoms with Gasteiger partial charge in [-0.1, -0.05) is 109 Å². The van der Waals surface area contributed by atoms with Crippen molar-refractivity contribution in [3.8, 4) is 39.9 Å². The first-order chi connectivity index (χ1) is 27.2. The molecule has 0 aliphatic carbocycles. The topological polar surface area (TPSA) is 69.6 Å². The summed E-state index contributed by atoms with van der Waals surface area (Å²) >= 11 is 1.84. The first-order valence-corrected chi connectivity index (χ1v) is 19.0. The normalized spacial score (nSPS) is 12.0. The number of furan rings is 1. The van der Waals surface area contributed by atoms with Crippen molar-refractivity contribution in [3.63, 3.8) is 0 Å². The summed E-state index contributed by atoms with van der Waals surface area (Å²) in [5.74, 6) is 1.69. The summed E-state index contributed by atoms with van der Waals surface area (Å²) in [6.45, 7) is 0. The van der Waals surface area contributed by atoms with E-state index in [1.165, 1.54) is 25.7 Å². The van der Waals surface area contributed by atoms with Gasteiger partial charge in [-0.3, -0.25) is 9.55 Å². The average Bonchev–Trinajstić information content (AvgIpc) is 3.93. The van der Waals surface area contributed by atoms with Crippen LogP contribution in [-0.4, -0.2) is 24.5 Å². The van der Waals surface area contributed by atoms with E-state index in [9.17, 15) is 0 Å². The fourth-order valence-electron chi connectivity index (χ4n) is 8.27. The predicted octanol–water partition coefficient (Wildman–Crippen LogP) is 12.8. The van der Waals surface area contributed by atoms with Crippen LogP contribution in [0.2, 0.25) is 0 Å². The van der Waals surface area contributed by atoms with Crippen LogP contribution < -0.4 is 0 Å². The zero-order chi connectivity index (χ0) is 36.0. The molecule has 256 valence electrons. The van der Waals surface area contributed by atoms with Crippen molar-refractivity contribution in [2.45, 2.75) is 0 Å². The monoisotopic (exact) mass is 721 g/mol. The number of fused-ring (bicyclic) bond motifs is 10. The second-order valence-electron chi connectivity index (χ2n) is 13.9. The number of hydrogen-bond acceptors (Lipinski definition) is 6. The van der Waals surface area contributed by atoms with Crippen LogP contribution in [0.15, 0.2) is 168 Å². The zero-order valence-corrected chi connectivity index (χ0v) is 30.0. The fraction of sp³-hybridized carbons (Fsp3) is 0. The van der Waals surface area contributed by atoms with Gasteiger partial charge in [0.2, 0.25) is 5.95 Å². The van der Waals surface area contributed by atoms with Crippen molar-refractivity contribution in [2.75, 3.05) is 0 Å². The number of rotatable bonds is 4. The average molecular weight is 722 g/mol. The van der Waals surface area contributed by atoms with E-state index in [1.54, 1.807) is 6.20 Å². The van der Waals surface area contributed by atoms with Crippen molar-refractivity contribution < 1.29 is 4.42 Å². The Morgan fingerprint density at radius 1 is 0.473 bits per heavy atom. The van der Waals surface area contributed by atoms with Crippen LogP contribution >= 0.6 is 11.3 Å². The highest BCUT2D eigenvalue weighted by Crippen LogP contribution is 2.42. The maximum Gasteiger partial charge on any atom is 0.238 e. The molecule has 0 unspecified atom stereocenters. The van der Waals surface area contributed by atoms with Crippen molar-refractivity contribution in [1.82, 2.24) is 24.5 Å². The van der Waals surface area contributed by atoms with Gasteiger partial charge in [-0.15, -0.1) is 11.3 Å². The smallest absolute Gasteiger partial charge is 0.238 e. The molecule has 0 N–H and O–H groups in total. The van der Waals surface area contributed by atoms with Gasteiger partial charge in [0.25, 0.3) is 0 Å². The second-order valence-corrected chi connectivity index (χ2v) is 14.9. The van der Waals surface area contributed by atoms with Crippen LogP contribution in [0.5, 0.6) is 0 Å². The maximum absolute atomic E-state index is 6.29. The molecule has 12 rings (SSSR count). The van der Waals surface area contributed by atoms with E-state index >= 15 is 0 Å². The van der Waals surface area contributed by atoms with Crippen LogP contribution in [0.4, 0.5) is 0 Å². The predicted molar refractivity (Wildman–Crippen MR) is 226 cm³/mol. The van der Waals surface area contributed by atoms with Crippen molar-refractivity contribution in [3.05, 3.63) is 164 Å². The molecule has 0 radical (unpaired) electrons. The first-order valence-electron chi connectivity index (χ1n) is 18.2. The summed E-state index contributed by atoms with van der Waals surface area (Å²) in [5, 5.41) is 8.93. The Morgan fingerprint density at radius 3 is 2.20 bits per heavy atom. The molecule has 0 amide bonds. The minimum Gasteiger partial charge on any atom is -0.456 e. The summed E-state index contributed by atoms with van der Waals surface area (Å²) in [7, 11) is 0. The number of pyridine rings is 1. The zero-order valence-electron chi connectivity index (χ0n) is 29.1. The number of benzene rings is 7. The Balaban J connectivity index is 1.16. The largest absolute Gasteiger partial charge is 0.456 e. The molecule has 7 aromatic carbocycles. The lowest BCUT2D eigenvalue weighted by molar-refractivity contribution is 0.668. The third-order valence-electron chi connectivity index (χ3n) is 10.8. The van der Waals surface area contributed by atoms with E-state index in [-0.39, 0.29) is 0 Å². The van der Waals surface area contributed by atoms with Gasteiger partial charge in [0, 0.05) is 65.2 Å². The summed E-state index contributed by atoms with van der Waals surface area (Å²) in [5.41, 5.74) is 7.67. The minimum absolute atomic E-state index is 0.540. The number of para-hydroxylation sites is 1. The molecule has 5 aromatic heterocycles. The molecule has 0 saturated carbocycles. The third-order valence-corrected chi connectivity index (χ3v) is 11.9. The molecule has 0 fully saturated rings. The molecule has 0 atom stereocenters. The standard InChI is InChI=1S/C48H27N5OS/c1-2-10-29-25-31(20-19-28(29)9-1)46-50-47(36-14-7-16-41-44(36)37-27-49-24-23-40(37)54-41)52-48(51-46)53-38-15-5-3-11-33(38)34-22-21-30(26-39(34)53)32-13-8-18-43-45(32)35-12-4-6-17-42(35)55-43/h1-27H. The van der Waals surface area contributed by atoms with Gasteiger partial charge >= 0.3 is 0 Å². The van der Waals surface area contributed by atoms with Gasteiger partial charge in [0.05, 0.1) is 11.0 Å². The molecule has 0 aliphatic heterocycles. The number of hydrogen-bond donors (Lipinski definition) is 0. The molecule has 5 heterocycles. The van der Waals surface area contributed by atoms with E-state index in [0.717, 1.165) is 71.2 Å². The highest BCUT2D eigenvalue weighted by atomic mass is 32.1. The molecule has 0 spiro atoms. The van der Waals surface area contributed by atoms with Crippen LogP contribution in [0.1, 0.15) is 0 Å². The molecule has 6 nitrogen and oxygen atoms in total. The summed E-state index contributed by atoms with van der Waals surface area (Å²) < 4.78 is 11.0. The molecule has 0 bridgehead atoms. The highest BCUT2D eigenvalue weighted by Gasteiger charge is 2.21. The number of thiophene rings is 1. The lowest BCUT2D eigenvalue weighted by atomic mass is 9.98. The van der Waals surface area contributed by atoms with Crippen molar-refractivity contribution >= 4 is 86.0 Å². The van der Waals surface area contributed by atoms with Gasteiger partial charge in [-0.05, 0) is 64.4 Å². The lowest BCUT2D eigenvalue weighted by Gasteiger charge is -2.12. The van der Waals surface area contributed by atoms with E-state index in [2.05, 4.69) is 143 Å². The summed E-state index contributed by atoms with van der Waals surface area (Å²) in [6, 6.07) is 53.3. The van der Waals surface area contributed by atoms with Crippen LogP contribution in [0.25, 0.3) is 115 Å². The van der Waals surface area contributed by atoms with Crippen molar-refractivity contribution in [2.24, 2.45) is 0 Å². The van der Waals surface area contributed by atoms with Gasteiger partial charge in [0.15, 0.2) is 11.6 Å². The first kappa shape index (κ1) is 30.3. The molecular weight excluding hydrogens is 695 g/mol. The molecule has 12 aromatic rings. The Kier molecular flexibility index (Phi) is 6.40. The fourth-order valence-corrected chi connectivity index (χ4v) is 9.40. The van der Waals surface area contributed by atoms with Crippen LogP contribution in [-0.2, 0) is 0 Å². The Bertz CT molecular complexity index is 3520. The Morgan fingerprint density at radius 2 is 1.24 bits per heavy atom. The number of nitrogens with zero attached hydrogens (tertiary/aromatic N) is 5. The third kappa shape index (κ3) is 4.60.